The molecule has 0 amide bonds. The minimum atomic E-state index is -3.03. The van der Waals surface area contributed by atoms with E-state index in [1.165, 1.54) is 12.3 Å². The molecule has 0 bridgehead atoms. The van der Waals surface area contributed by atoms with Crippen molar-refractivity contribution >= 4 is 15.7 Å². The predicted octanol–water partition coefficient (Wildman–Crippen LogP) is -0.571. The Morgan fingerprint density at radius 1 is 1.53 bits per heavy atom. The molecule has 8 nitrogen and oxygen atoms in total. The largest absolute Gasteiger partial charge is 0.381 e. The lowest BCUT2D eigenvalue weighted by Gasteiger charge is -2.30. The van der Waals surface area contributed by atoms with E-state index in [1.807, 2.05) is 0 Å². The first-order chi connectivity index (χ1) is 8.66. The third-order valence-corrected chi connectivity index (χ3v) is 4.01. The first-order valence-electron chi connectivity index (χ1n) is 5.77. The van der Waals surface area contributed by atoms with Crippen LogP contribution in [0.1, 0.15) is 19.3 Å². The average molecular weight is 290 g/mol. The van der Waals surface area contributed by atoms with Gasteiger partial charge in [-0.1, -0.05) is 0 Å². The second-order valence-electron chi connectivity index (χ2n) is 4.76. The molecule has 2 unspecified atom stereocenters. The van der Waals surface area contributed by atoms with Crippen LogP contribution in [0.4, 0.5) is 0 Å². The summed E-state index contributed by atoms with van der Waals surface area (Å²) in [6.45, 7) is 0. The molecule has 0 aromatic heterocycles. The molecule has 1 heterocycles. The number of nitro groups is 1. The minimum Gasteiger partial charge on any atom is -0.381 e. The van der Waals surface area contributed by atoms with E-state index in [9.17, 15) is 18.5 Å². The van der Waals surface area contributed by atoms with E-state index in [2.05, 4.69) is 4.99 Å². The Bertz CT molecular complexity index is 514. The fourth-order valence-corrected chi connectivity index (χ4v) is 2.75. The number of rotatable bonds is 6. The molecule has 0 saturated heterocycles. The smallest absolute Gasteiger partial charge is 0.290 e. The normalized spacial score (nSPS) is 27.1. The summed E-state index contributed by atoms with van der Waals surface area (Å²) in [5.74, 6) is -0.0856. The second-order valence-corrected chi connectivity index (χ2v) is 7.02. The first kappa shape index (κ1) is 15.6. The highest BCUT2D eigenvalue weighted by Gasteiger charge is 2.45. The zero-order valence-electron chi connectivity index (χ0n) is 10.7. The molecule has 0 aliphatic carbocycles. The number of hydrogen-bond donors (Lipinski definition) is 2. The van der Waals surface area contributed by atoms with Crippen LogP contribution in [-0.2, 0) is 9.84 Å². The van der Waals surface area contributed by atoms with Crippen molar-refractivity contribution in [3.05, 3.63) is 22.4 Å². The Morgan fingerprint density at radius 2 is 2.16 bits per heavy atom. The predicted molar refractivity (Wildman–Crippen MR) is 72.0 cm³/mol. The van der Waals surface area contributed by atoms with E-state index < -0.39 is 26.3 Å². The molecule has 19 heavy (non-hydrogen) atoms. The molecule has 1 rings (SSSR count). The van der Waals surface area contributed by atoms with Crippen LogP contribution in [0.15, 0.2) is 17.3 Å². The number of unbranched alkanes of at least 4 members (excludes halogenated alkanes) is 1. The van der Waals surface area contributed by atoms with Gasteiger partial charge in [-0.2, -0.15) is 0 Å². The van der Waals surface area contributed by atoms with Gasteiger partial charge in [0.05, 0.1) is 0 Å². The van der Waals surface area contributed by atoms with Gasteiger partial charge in [0.25, 0.3) is 6.04 Å². The Hall–Kier alpha value is -1.48. The van der Waals surface area contributed by atoms with E-state index in [-0.39, 0.29) is 18.0 Å². The maximum absolute atomic E-state index is 11.0. The van der Waals surface area contributed by atoms with E-state index in [4.69, 9.17) is 11.5 Å². The molecule has 1 aliphatic rings. The van der Waals surface area contributed by atoms with Gasteiger partial charge in [-0.25, -0.2) is 13.4 Å². The summed E-state index contributed by atoms with van der Waals surface area (Å²) in [5.41, 5.74) is 10.3. The van der Waals surface area contributed by atoms with Crippen LogP contribution in [0.2, 0.25) is 0 Å². The quantitative estimate of drug-likeness (QED) is 0.381. The first-order valence-corrected chi connectivity index (χ1v) is 7.83. The minimum absolute atomic E-state index is 0.0412. The molecule has 0 spiro atoms. The zero-order chi connectivity index (χ0) is 14.7. The third-order valence-electron chi connectivity index (χ3n) is 2.98. The van der Waals surface area contributed by atoms with Crippen molar-refractivity contribution < 1.29 is 13.3 Å². The van der Waals surface area contributed by atoms with E-state index in [0.29, 0.717) is 12.8 Å². The Balaban J connectivity index is 2.66. The Morgan fingerprint density at radius 3 is 2.68 bits per heavy atom. The lowest BCUT2D eigenvalue weighted by atomic mass is 9.84. The second kappa shape index (κ2) is 5.66. The molecule has 108 valence electrons. The molecule has 0 radical (unpaired) electrons. The van der Waals surface area contributed by atoms with Gasteiger partial charge in [-0.15, -0.1) is 0 Å². The standard InChI is InChI=1S/C10H18N4O4S/c1-19(17,18)7-3-2-4-10(12)5-6-13-9(11)8(10)14(15)16/h5-6,8H,2-4,7,12H2,1H3,(H2,11,13). The summed E-state index contributed by atoms with van der Waals surface area (Å²) in [6.07, 6.45) is 5.11. The van der Waals surface area contributed by atoms with Crippen LogP contribution in [0, 0.1) is 10.1 Å². The van der Waals surface area contributed by atoms with Crippen molar-refractivity contribution in [2.45, 2.75) is 30.8 Å². The monoisotopic (exact) mass is 290 g/mol. The fourth-order valence-electron chi connectivity index (χ4n) is 2.02. The maximum atomic E-state index is 11.0. The van der Waals surface area contributed by atoms with Gasteiger partial charge in [0, 0.05) is 23.1 Å². The Labute approximate surface area is 111 Å². The maximum Gasteiger partial charge on any atom is 0.290 e. The lowest BCUT2D eigenvalue weighted by molar-refractivity contribution is -0.511. The van der Waals surface area contributed by atoms with E-state index in [1.54, 1.807) is 0 Å². The van der Waals surface area contributed by atoms with Crippen molar-refractivity contribution in [1.29, 1.82) is 0 Å². The fraction of sp³-hybridized carbons (Fsp3) is 0.700. The van der Waals surface area contributed by atoms with E-state index in [0.717, 1.165) is 6.26 Å². The highest BCUT2D eigenvalue weighted by atomic mass is 32.2. The summed E-state index contributed by atoms with van der Waals surface area (Å²) in [6, 6.07) is -1.27. The molecular formula is C10H18N4O4S. The molecule has 0 aromatic rings. The molecule has 0 aromatic carbocycles. The Kier molecular flexibility index (Phi) is 4.64. The number of nitrogens with two attached hydrogens (primary N) is 2. The highest BCUT2D eigenvalue weighted by molar-refractivity contribution is 7.90. The van der Waals surface area contributed by atoms with Crippen LogP contribution in [0.5, 0.6) is 0 Å². The summed E-state index contributed by atoms with van der Waals surface area (Å²) >= 11 is 0. The summed E-state index contributed by atoms with van der Waals surface area (Å²) < 4.78 is 22.0. The van der Waals surface area contributed by atoms with Crippen molar-refractivity contribution in [1.82, 2.24) is 0 Å². The van der Waals surface area contributed by atoms with Crippen molar-refractivity contribution in [2.24, 2.45) is 16.5 Å². The van der Waals surface area contributed by atoms with Gasteiger partial charge in [-0.05, 0) is 25.3 Å². The van der Waals surface area contributed by atoms with Gasteiger partial charge < -0.3 is 11.5 Å². The number of hydrogen-bond acceptors (Lipinski definition) is 7. The van der Waals surface area contributed by atoms with Crippen LogP contribution in [0.3, 0.4) is 0 Å². The summed E-state index contributed by atoms with van der Waals surface area (Å²) in [5, 5.41) is 11.0. The highest BCUT2D eigenvalue weighted by Crippen LogP contribution is 2.23. The van der Waals surface area contributed by atoms with Crippen LogP contribution < -0.4 is 11.5 Å². The number of amidine groups is 1. The number of aliphatic imine (C=N–C) groups is 1. The molecule has 2 atom stereocenters. The van der Waals surface area contributed by atoms with Crippen molar-refractivity contribution in [2.75, 3.05) is 12.0 Å². The lowest BCUT2D eigenvalue weighted by Crippen LogP contribution is -2.59. The molecule has 0 saturated carbocycles. The van der Waals surface area contributed by atoms with Gasteiger partial charge in [0.15, 0.2) is 5.84 Å². The van der Waals surface area contributed by atoms with E-state index >= 15 is 0 Å². The van der Waals surface area contributed by atoms with Gasteiger partial charge in [-0.3, -0.25) is 10.1 Å². The van der Waals surface area contributed by atoms with Crippen LogP contribution in [0.25, 0.3) is 0 Å². The molecule has 9 heteroatoms. The molecule has 1 aliphatic heterocycles. The van der Waals surface area contributed by atoms with Crippen molar-refractivity contribution in [3.8, 4) is 0 Å². The zero-order valence-corrected chi connectivity index (χ0v) is 11.5. The van der Waals surface area contributed by atoms with Crippen molar-refractivity contribution in [3.63, 3.8) is 0 Å². The number of nitrogens with zero attached hydrogens (tertiary/aromatic N) is 2. The van der Waals surface area contributed by atoms with Crippen LogP contribution >= 0.6 is 0 Å². The topological polar surface area (TPSA) is 142 Å². The molecule has 4 N–H and O–H groups in total. The van der Waals surface area contributed by atoms with Gasteiger partial charge >= 0.3 is 0 Å². The third kappa shape index (κ3) is 4.28. The van der Waals surface area contributed by atoms with Crippen LogP contribution in [-0.4, -0.2) is 42.8 Å². The average Bonchev–Trinajstić information content (AvgIpc) is 2.22. The van der Waals surface area contributed by atoms with Gasteiger partial charge in [0.1, 0.15) is 15.4 Å². The SMILES string of the molecule is CS(=O)(=O)CCCCC1(N)C=CN=C(N)C1[N+](=O)[O-]. The summed E-state index contributed by atoms with van der Waals surface area (Å²) in [4.78, 5) is 14.1. The van der Waals surface area contributed by atoms with Gasteiger partial charge in [0.2, 0.25) is 0 Å². The summed E-state index contributed by atoms with van der Waals surface area (Å²) in [7, 11) is -3.03. The molecule has 0 fully saturated rings. The number of sulfone groups is 1. The molecular weight excluding hydrogens is 272 g/mol.